The Labute approximate surface area is 128 Å². The summed E-state index contributed by atoms with van der Waals surface area (Å²) < 4.78 is 10.6. The summed E-state index contributed by atoms with van der Waals surface area (Å²) >= 11 is 0. The standard InChI is InChI=1S/C17H15NO4/c1-12-6-8-13(9-7-12)22-17(20)10-18-14-4-2-3-5-15(14)21-11-16(18)19/h2-9H,10-11H2,1H3. The molecule has 0 aromatic heterocycles. The highest BCUT2D eigenvalue weighted by Gasteiger charge is 2.27. The van der Waals surface area contributed by atoms with Gasteiger partial charge in [0.15, 0.2) is 6.61 Å². The molecule has 0 bridgehead atoms. The first-order valence-electron chi connectivity index (χ1n) is 6.93. The molecule has 2 aromatic rings. The Balaban J connectivity index is 1.73. The monoisotopic (exact) mass is 297 g/mol. The second-order valence-corrected chi connectivity index (χ2v) is 5.02. The van der Waals surface area contributed by atoms with E-state index in [1.807, 2.05) is 25.1 Å². The summed E-state index contributed by atoms with van der Waals surface area (Å²) in [7, 11) is 0. The van der Waals surface area contributed by atoms with Crippen LogP contribution in [0.25, 0.3) is 0 Å². The quantitative estimate of drug-likeness (QED) is 0.644. The highest BCUT2D eigenvalue weighted by molar-refractivity contribution is 6.01. The molecule has 0 atom stereocenters. The maximum absolute atomic E-state index is 12.1. The first-order valence-corrected chi connectivity index (χ1v) is 6.93. The number of carbonyl (C=O) groups is 2. The van der Waals surface area contributed by atoms with Crippen molar-refractivity contribution in [2.75, 3.05) is 18.1 Å². The van der Waals surface area contributed by atoms with Crippen LogP contribution in [0.4, 0.5) is 5.69 Å². The topological polar surface area (TPSA) is 55.8 Å². The van der Waals surface area contributed by atoms with Gasteiger partial charge in [-0.25, -0.2) is 4.79 Å². The number of carbonyl (C=O) groups excluding carboxylic acids is 2. The number of rotatable bonds is 3. The van der Waals surface area contributed by atoms with Crippen molar-refractivity contribution in [3.8, 4) is 11.5 Å². The lowest BCUT2D eigenvalue weighted by Gasteiger charge is -2.28. The van der Waals surface area contributed by atoms with E-state index in [1.165, 1.54) is 4.90 Å². The molecule has 0 saturated heterocycles. The lowest BCUT2D eigenvalue weighted by molar-refractivity contribution is -0.134. The minimum atomic E-state index is -0.492. The number of esters is 1. The first kappa shape index (κ1) is 14.1. The maximum atomic E-state index is 12.1. The van der Waals surface area contributed by atoms with Gasteiger partial charge in [0, 0.05) is 0 Å². The van der Waals surface area contributed by atoms with Crippen LogP contribution in [0.2, 0.25) is 0 Å². The number of aryl methyl sites for hydroxylation is 1. The number of para-hydroxylation sites is 2. The Morgan fingerprint density at radius 3 is 2.68 bits per heavy atom. The van der Waals surface area contributed by atoms with Crippen LogP contribution in [0.15, 0.2) is 48.5 Å². The van der Waals surface area contributed by atoms with E-state index in [0.29, 0.717) is 17.2 Å². The average molecular weight is 297 g/mol. The molecular weight excluding hydrogens is 282 g/mol. The van der Waals surface area contributed by atoms with Crippen LogP contribution >= 0.6 is 0 Å². The van der Waals surface area contributed by atoms with Crippen molar-refractivity contribution in [3.63, 3.8) is 0 Å². The van der Waals surface area contributed by atoms with Crippen molar-refractivity contribution in [1.82, 2.24) is 0 Å². The molecule has 1 aliphatic heterocycles. The van der Waals surface area contributed by atoms with Gasteiger partial charge in [0.2, 0.25) is 0 Å². The summed E-state index contributed by atoms with van der Waals surface area (Å²) in [6.45, 7) is 1.73. The molecule has 0 radical (unpaired) electrons. The third kappa shape index (κ3) is 2.93. The van der Waals surface area contributed by atoms with Gasteiger partial charge in [-0.05, 0) is 31.2 Å². The minimum Gasteiger partial charge on any atom is -0.482 e. The predicted octanol–water partition coefficient (Wildman–Crippen LogP) is 2.33. The van der Waals surface area contributed by atoms with E-state index >= 15 is 0 Å². The second kappa shape index (κ2) is 5.89. The summed E-state index contributed by atoms with van der Waals surface area (Å²) in [6.07, 6.45) is 0. The van der Waals surface area contributed by atoms with Crippen molar-refractivity contribution in [2.45, 2.75) is 6.92 Å². The molecule has 0 fully saturated rings. The number of amides is 1. The Morgan fingerprint density at radius 1 is 1.18 bits per heavy atom. The third-order valence-electron chi connectivity index (χ3n) is 3.35. The van der Waals surface area contributed by atoms with Crippen LogP contribution in [0.3, 0.4) is 0 Å². The molecule has 1 heterocycles. The van der Waals surface area contributed by atoms with E-state index in [4.69, 9.17) is 9.47 Å². The van der Waals surface area contributed by atoms with Crippen molar-refractivity contribution >= 4 is 17.6 Å². The Bertz CT molecular complexity index is 709. The minimum absolute atomic E-state index is 0.0746. The Hall–Kier alpha value is -2.82. The van der Waals surface area contributed by atoms with Gasteiger partial charge in [0.1, 0.15) is 18.0 Å². The van der Waals surface area contributed by atoms with E-state index in [1.54, 1.807) is 30.3 Å². The molecule has 2 aromatic carbocycles. The molecule has 1 aliphatic rings. The largest absolute Gasteiger partial charge is 0.482 e. The molecule has 0 N–H and O–H groups in total. The fourth-order valence-electron chi connectivity index (χ4n) is 2.23. The summed E-state index contributed by atoms with van der Waals surface area (Å²) in [5.74, 6) is 0.295. The van der Waals surface area contributed by atoms with E-state index in [-0.39, 0.29) is 19.1 Å². The predicted molar refractivity (Wildman–Crippen MR) is 81.1 cm³/mol. The number of fused-ring (bicyclic) bond motifs is 1. The van der Waals surface area contributed by atoms with Crippen molar-refractivity contribution in [3.05, 3.63) is 54.1 Å². The molecule has 3 rings (SSSR count). The molecule has 112 valence electrons. The Kier molecular flexibility index (Phi) is 3.78. The zero-order valence-corrected chi connectivity index (χ0v) is 12.1. The average Bonchev–Trinajstić information content (AvgIpc) is 2.52. The van der Waals surface area contributed by atoms with E-state index in [0.717, 1.165) is 5.56 Å². The number of anilines is 1. The summed E-state index contributed by atoms with van der Waals surface area (Å²) in [6, 6.07) is 14.3. The fourth-order valence-corrected chi connectivity index (χ4v) is 2.23. The van der Waals surface area contributed by atoms with Gasteiger partial charge in [0.25, 0.3) is 5.91 Å². The highest BCUT2D eigenvalue weighted by atomic mass is 16.5. The highest BCUT2D eigenvalue weighted by Crippen LogP contribution is 2.31. The van der Waals surface area contributed by atoms with Gasteiger partial charge in [-0.2, -0.15) is 0 Å². The molecule has 1 amide bonds. The third-order valence-corrected chi connectivity index (χ3v) is 3.35. The number of hydrogen-bond acceptors (Lipinski definition) is 4. The normalized spacial score (nSPS) is 13.3. The molecular formula is C17H15NO4. The fraction of sp³-hybridized carbons (Fsp3) is 0.176. The van der Waals surface area contributed by atoms with Crippen molar-refractivity contribution in [1.29, 1.82) is 0 Å². The molecule has 5 nitrogen and oxygen atoms in total. The molecule has 0 saturated carbocycles. The molecule has 0 aliphatic carbocycles. The summed E-state index contributed by atoms with van der Waals surface area (Å²) in [4.78, 5) is 25.4. The number of nitrogens with zero attached hydrogens (tertiary/aromatic N) is 1. The second-order valence-electron chi connectivity index (χ2n) is 5.02. The van der Waals surface area contributed by atoms with Crippen molar-refractivity contribution in [2.24, 2.45) is 0 Å². The van der Waals surface area contributed by atoms with Gasteiger partial charge in [-0.1, -0.05) is 29.8 Å². The lowest BCUT2D eigenvalue weighted by atomic mass is 10.2. The molecule has 0 unspecified atom stereocenters. The van der Waals surface area contributed by atoms with Crippen LogP contribution in [0, 0.1) is 6.92 Å². The number of ether oxygens (including phenoxy) is 2. The van der Waals surface area contributed by atoms with Gasteiger partial charge in [-0.15, -0.1) is 0 Å². The number of hydrogen-bond donors (Lipinski definition) is 0. The molecule has 5 heteroatoms. The van der Waals surface area contributed by atoms with E-state index < -0.39 is 5.97 Å². The van der Waals surface area contributed by atoms with Gasteiger partial charge < -0.3 is 9.47 Å². The Morgan fingerprint density at radius 2 is 1.91 bits per heavy atom. The van der Waals surface area contributed by atoms with Crippen LogP contribution in [-0.4, -0.2) is 25.0 Å². The molecule has 0 spiro atoms. The molecule has 22 heavy (non-hydrogen) atoms. The van der Waals surface area contributed by atoms with Gasteiger partial charge in [-0.3, -0.25) is 9.69 Å². The van der Waals surface area contributed by atoms with Gasteiger partial charge in [0.05, 0.1) is 5.69 Å². The summed E-state index contributed by atoms with van der Waals surface area (Å²) in [5.41, 5.74) is 1.66. The number of benzene rings is 2. The van der Waals surface area contributed by atoms with Crippen LogP contribution in [-0.2, 0) is 9.59 Å². The van der Waals surface area contributed by atoms with E-state index in [2.05, 4.69) is 0 Å². The maximum Gasteiger partial charge on any atom is 0.331 e. The van der Waals surface area contributed by atoms with Crippen LogP contribution in [0.1, 0.15) is 5.56 Å². The van der Waals surface area contributed by atoms with Gasteiger partial charge >= 0.3 is 5.97 Å². The lowest BCUT2D eigenvalue weighted by Crippen LogP contribution is -2.43. The zero-order valence-electron chi connectivity index (χ0n) is 12.1. The summed E-state index contributed by atoms with van der Waals surface area (Å²) in [5, 5.41) is 0. The smallest absolute Gasteiger partial charge is 0.331 e. The van der Waals surface area contributed by atoms with Crippen LogP contribution < -0.4 is 14.4 Å². The zero-order chi connectivity index (χ0) is 15.5. The van der Waals surface area contributed by atoms with Crippen LogP contribution in [0.5, 0.6) is 11.5 Å². The van der Waals surface area contributed by atoms with E-state index in [9.17, 15) is 9.59 Å². The SMILES string of the molecule is Cc1ccc(OC(=O)CN2C(=O)COc3ccccc32)cc1. The van der Waals surface area contributed by atoms with Crippen molar-refractivity contribution < 1.29 is 19.1 Å². The first-order chi connectivity index (χ1) is 10.6.